The van der Waals surface area contributed by atoms with Gasteiger partial charge in [-0.3, -0.25) is 0 Å². The van der Waals surface area contributed by atoms with E-state index in [-0.39, 0.29) is 17.5 Å². The molecule has 0 radical (unpaired) electrons. The predicted molar refractivity (Wildman–Crippen MR) is 78.6 cm³/mol. The molecule has 2 saturated heterocycles. The van der Waals surface area contributed by atoms with Gasteiger partial charge in [-0.1, -0.05) is 23.6 Å². The lowest BCUT2D eigenvalue weighted by molar-refractivity contribution is 0.310. The number of sulfonamides is 1. The van der Waals surface area contributed by atoms with Gasteiger partial charge in [0.15, 0.2) is 0 Å². The third kappa shape index (κ3) is 1.81. The van der Waals surface area contributed by atoms with Gasteiger partial charge in [-0.05, 0) is 45.2 Å². The third-order valence-electron chi connectivity index (χ3n) is 4.76. The number of aryl methyl sites for hydroxylation is 1. The summed E-state index contributed by atoms with van der Waals surface area (Å²) >= 11 is 0. The molecule has 2 bridgehead atoms. The van der Waals surface area contributed by atoms with Crippen LogP contribution in [0.3, 0.4) is 0 Å². The zero-order valence-corrected chi connectivity index (χ0v) is 12.7. The van der Waals surface area contributed by atoms with Gasteiger partial charge in [0.05, 0.1) is 4.90 Å². The fourth-order valence-electron chi connectivity index (χ4n) is 3.63. The number of nitrogens with zero attached hydrogens (tertiary/aromatic N) is 1. The minimum Gasteiger partial charge on any atom is -0.207 e. The largest absolute Gasteiger partial charge is 0.243 e. The van der Waals surface area contributed by atoms with Crippen molar-refractivity contribution in [2.24, 2.45) is 5.41 Å². The molecule has 1 aromatic rings. The average molecular weight is 289 g/mol. The Morgan fingerprint density at radius 3 is 2.50 bits per heavy atom. The van der Waals surface area contributed by atoms with Crippen LogP contribution in [0.25, 0.3) is 0 Å². The smallest absolute Gasteiger partial charge is 0.207 e. The van der Waals surface area contributed by atoms with E-state index in [9.17, 15) is 8.42 Å². The quantitative estimate of drug-likeness (QED) is 0.785. The Morgan fingerprint density at radius 1 is 1.30 bits per heavy atom. The number of benzene rings is 1. The summed E-state index contributed by atoms with van der Waals surface area (Å²) in [5.41, 5.74) is 0.738. The van der Waals surface area contributed by atoms with E-state index in [1.807, 2.05) is 26.0 Å². The Hall–Kier alpha value is -1.31. The zero-order chi connectivity index (χ0) is 14.5. The van der Waals surface area contributed by atoms with Crippen molar-refractivity contribution >= 4 is 10.0 Å². The highest BCUT2D eigenvalue weighted by Crippen LogP contribution is 2.51. The van der Waals surface area contributed by atoms with Crippen LogP contribution in [0.1, 0.15) is 31.7 Å². The Bertz CT molecular complexity index is 671. The van der Waals surface area contributed by atoms with E-state index in [0.29, 0.717) is 4.90 Å². The molecule has 0 aliphatic carbocycles. The maximum Gasteiger partial charge on any atom is 0.243 e. The molecule has 2 aliphatic heterocycles. The van der Waals surface area contributed by atoms with Gasteiger partial charge in [0.1, 0.15) is 0 Å². The Kier molecular flexibility index (Phi) is 2.97. The summed E-state index contributed by atoms with van der Waals surface area (Å²) in [6.07, 6.45) is 8.22. The van der Waals surface area contributed by atoms with Crippen molar-refractivity contribution < 1.29 is 8.42 Å². The van der Waals surface area contributed by atoms with Gasteiger partial charge in [-0.25, -0.2) is 8.42 Å². The SMILES string of the molecule is C#C[C@@]1(C)C[C@@H]2CC[C@H]1N2S(=O)(=O)c1ccc(C)cc1. The standard InChI is InChI=1S/C16H19NO2S/c1-4-16(3)11-13-7-10-15(16)17(13)20(18,19)14-8-5-12(2)6-9-14/h1,5-6,8-9,13,15H,7,10-11H2,2-3H3/t13-,15+,16-/m0/s1. The van der Waals surface area contributed by atoms with E-state index in [1.165, 1.54) is 0 Å². The van der Waals surface area contributed by atoms with Crippen molar-refractivity contribution in [3.8, 4) is 12.3 Å². The van der Waals surface area contributed by atoms with E-state index >= 15 is 0 Å². The molecule has 0 unspecified atom stereocenters. The second-order valence-corrected chi connectivity index (χ2v) is 8.00. The summed E-state index contributed by atoms with van der Waals surface area (Å²) in [6, 6.07) is 7.07. The maximum atomic E-state index is 12.9. The van der Waals surface area contributed by atoms with Crippen molar-refractivity contribution in [2.45, 2.75) is 50.1 Å². The number of hydrogen-bond donors (Lipinski definition) is 0. The van der Waals surface area contributed by atoms with Gasteiger partial charge in [0.25, 0.3) is 0 Å². The third-order valence-corrected chi connectivity index (χ3v) is 6.74. The fraction of sp³-hybridized carbons (Fsp3) is 0.500. The predicted octanol–water partition coefficient (Wildman–Crippen LogP) is 2.56. The highest BCUT2D eigenvalue weighted by Gasteiger charge is 2.57. The number of hydrogen-bond acceptors (Lipinski definition) is 2. The summed E-state index contributed by atoms with van der Waals surface area (Å²) in [5.74, 6) is 2.83. The molecule has 0 saturated carbocycles. The number of terminal acetylenes is 1. The van der Waals surface area contributed by atoms with Crippen LogP contribution in [0.2, 0.25) is 0 Å². The molecule has 20 heavy (non-hydrogen) atoms. The van der Waals surface area contributed by atoms with Crippen LogP contribution in [-0.4, -0.2) is 24.8 Å². The van der Waals surface area contributed by atoms with Gasteiger partial charge in [-0.2, -0.15) is 4.31 Å². The second kappa shape index (κ2) is 4.34. The first kappa shape index (κ1) is 13.7. The van der Waals surface area contributed by atoms with Crippen LogP contribution in [-0.2, 0) is 10.0 Å². The lowest BCUT2D eigenvalue weighted by atomic mass is 9.76. The molecule has 1 aromatic carbocycles. The molecule has 0 N–H and O–H groups in total. The van der Waals surface area contributed by atoms with Gasteiger partial charge in [0.2, 0.25) is 10.0 Å². The molecule has 3 nitrogen and oxygen atoms in total. The van der Waals surface area contributed by atoms with Gasteiger partial charge >= 0.3 is 0 Å². The first-order valence-corrected chi connectivity index (χ1v) is 8.40. The summed E-state index contributed by atoms with van der Waals surface area (Å²) in [5, 5.41) is 0. The Balaban J connectivity index is 2.02. The normalized spacial score (nSPS) is 33.2. The van der Waals surface area contributed by atoms with E-state index in [0.717, 1.165) is 24.8 Å². The monoisotopic (exact) mass is 289 g/mol. The molecule has 2 heterocycles. The molecule has 106 valence electrons. The van der Waals surface area contributed by atoms with Crippen molar-refractivity contribution in [3.05, 3.63) is 29.8 Å². The van der Waals surface area contributed by atoms with Crippen molar-refractivity contribution in [3.63, 3.8) is 0 Å². The maximum absolute atomic E-state index is 12.9. The molecule has 3 atom stereocenters. The highest BCUT2D eigenvalue weighted by molar-refractivity contribution is 7.89. The van der Waals surface area contributed by atoms with Crippen LogP contribution in [0.15, 0.2) is 29.2 Å². The lowest BCUT2D eigenvalue weighted by Crippen LogP contribution is -2.39. The van der Waals surface area contributed by atoms with Gasteiger partial charge < -0.3 is 0 Å². The van der Waals surface area contributed by atoms with E-state index in [1.54, 1.807) is 16.4 Å². The van der Waals surface area contributed by atoms with Crippen molar-refractivity contribution in [1.82, 2.24) is 4.31 Å². The average Bonchev–Trinajstić information content (AvgIpc) is 2.95. The molecule has 4 heteroatoms. The topological polar surface area (TPSA) is 37.4 Å². The van der Waals surface area contributed by atoms with Crippen LogP contribution in [0.5, 0.6) is 0 Å². The van der Waals surface area contributed by atoms with E-state index in [2.05, 4.69) is 5.92 Å². The molecule has 0 spiro atoms. The number of rotatable bonds is 2. The second-order valence-electron chi connectivity index (χ2n) is 6.16. The summed E-state index contributed by atoms with van der Waals surface area (Å²) < 4.78 is 27.4. The Labute approximate surface area is 121 Å². The molecular formula is C16H19NO2S. The van der Waals surface area contributed by atoms with Crippen LogP contribution < -0.4 is 0 Å². The first-order chi connectivity index (χ1) is 9.38. The van der Waals surface area contributed by atoms with Crippen LogP contribution >= 0.6 is 0 Å². The molecule has 0 amide bonds. The molecule has 2 aliphatic rings. The summed E-state index contributed by atoms with van der Waals surface area (Å²) in [7, 11) is -3.43. The minimum absolute atomic E-state index is 0.0520. The Morgan fingerprint density at radius 2 is 1.95 bits per heavy atom. The molecule has 0 aromatic heterocycles. The summed E-state index contributed by atoms with van der Waals surface area (Å²) in [6.45, 7) is 3.96. The fourth-order valence-corrected chi connectivity index (χ4v) is 5.60. The zero-order valence-electron chi connectivity index (χ0n) is 11.8. The minimum atomic E-state index is -3.43. The van der Waals surface area contributed by atoms with E-state index < -0.39 is 10.0 Å². The molecule has 2 fully saturated rings. The molecule has 3 rings (SSSR count). The van der Waals surface area contributed by atoms with Crippen LogP contribution in [0, 0.1) is 24.7 Å². The number of fused-ring (bicyclic) bond motifs is 2. The van der Waals surface area contributed by atoms with Crippen molar-refractivity contribution in [2.75, 3.05) is 0 Å². The van der Waals surface area contributed by atoms with E-state index in [4.69, 9.17) is 6.42 Å². The first-order valence-electron chi connectivity index (χ1n) is 6.96. The molecular weight excluding hydrogens is 270 g/mol. The van der Waals surface area contributed by atoms with Gasteiger partial charge in [0, 0.05) is 17.5 Å². The summed E-state index contributed by atoms with van der Waals surface area (Å²) in [4.78, 5) is 0.376. The lowest BCUT2D eigenvalue weighted by Gasteiger charge is -2.28. The van der Waals surface area contributed by atoms with Crippen LogP contribution in [0.4, 0.5) is 0 Å². The highest BCUT2D eigenvalue weighted by atomic mass is 32.2. The van der Waals surface area contributed by atoms with Gasteiger partial charge in [-0.15, -0.1) is 6.42 Å². The van der Waals surface area contributed by atoms with Crippen molar-refractivity contribution in [1.29, 1.82) is 0 Å².